The van der Waals surface area contributed by atoms with Crippen LogP contribution in [0.2, 0.25) is 5.02 Å². The van der Waals surface area contributed by atoms with Gasteiger partial charge in [0, 0.05) is 35.9 Å². The summed E-state index contributed by atoms with van der Waals surface area (Å²) in [4.78, 5) is 26.5. The number of halogens is 1. The van der Waals surface area contributed by atoms with Crippen molar-refractivity contribution in [3.8, 4) is 0 Å². The predicted octanol–water partition coefficient (Wildman–Crippen LogP) is 2.41. The molecule has 1 aliphatic carbocycles. The van der Waals surface area contributed by atoms with Gasteiger partial charge < -0.3 is 10.6 Å². The van der Waals surface area contributed by atoms with E-state index < -0.39 is 11.8 Å². The molecule has 124 valence electrons. The van der Waals surface area contributed by atoms with Crippen molar-refractivity contribution >= 4 is 29.1 Å². The first-order valence-corrected chi connectivity index (χ1v) is 8.61. The lowest BCUT2D eigenvalue weighted by Crippen LogP contribution is -2.43. The van der Waals surface area contributed by atoms with Gasteiger partial charge in [0.25, 0.3) is 0 Å². The maximum Gasteiger partial charge on any atom is 0.313 e. The van der Waals surface area contributed by atoms with Crippen LogP contribution in [-0.4, -0.2) is 41.9 Å². The zero-order valence-electron chi connectivity index (χ0n) is 13.1. The Labute approximate surface area is 141 Å². The molecule has 0 bridgehead atoms. The van der Waals surface area contributed by atoms with Gasteiger partial charge in [-0.3, -0.25) is 14.5 Å². The molecule has 23 heavy (non-hydrogen) atoms. The molecule has 2 fully saturated rings. The maximum atomic E-state index is 12.0. The fourth-order valence-electron chi connectivity index (χ4n) is 3.51. The quantitative estimate of drug-likeness (QED) is 0.834. The van der Waals surface area contributed by atoms with Gasteiger partial charge in [-0.15, -0.1) is 0 Å². The summed E-state index contributed by atoms with van der Waals surface area (Å²) < 4.78 is 0. The number of anilines is 1. The first-order chi connectivity index (χ1) is 11.1. The second-order valence-electron chi connectivity index (χ2n) is 6.36. The Kier molecular flexibility index (Phi) is 5.18. The summed E-state index contributed by atoms with van der Waals surface area (Å²) in [6, 6.07) is 7.49. The molecule has 1 aliphatic heterocycles. The second-order valence-corrected chi connectivity index (χ2v) is 6.79. The van der Waals surface area contributed by atoms with Crippen LogP contribution in [0.3, 0.4) is 0 Å². The monoisotopic (exact) mass is 335 g/mol. The number of nitrogens with one attached hydrogen (secondary N) is 2. The van der Waals surface area contributed by atoms with Crippen molar-refractivity contribution < 1.29 is 9.59 Å². The van der Waals surface area contributed by atoms with Crippen LogP contribution in [0.1, 0.15) is 32.1 Å². The minimum absolute atomic E-state index is 0.0632. The molecule has 0 radical (unpaired) electrons. The first kappa shape index (κ1) is 16.3. The molecule has 1 heterocycles. The van der Waals surface area contributed by atoms with E-state index in [-0.39, 0.29) is 6.04 Å². The lowest BCUT2D eigenvalue weighted by molar-refractivity contribution is -0.136. The number of benzene rings is 1. The lowest BCUT2D eigenvalue weighted by Gasteiger charge is -2.23. The highest BCUT2D eigenvalue weighted by atomic mass is 35.5. The summed E-state index contributed by atoms with van der Waals surface area (Å²) in [5, 5.41) is 5.93. The number of hydrogen-bond acceptors (Lipinski definition) is 3. The van der Waals surface area contributed by atoms with Gasteiger partial charge in [0.05, 0.1) is 0 Å². The molecule has 1 atom stereocenters. The Bertz CT molecular complexity index is 587. The Morgan fingerprint density at radius 3 is 2.65 bits per heavy atom. The highest BCUT2D eigenvalue weighted by Gasteiger charge is 2.31. The molecule has 5 nitrogen and oxygen atoms in total. The van der Waals surface area contributed by atoms with Crippen molar-refractivity contribution in [1.29, 1.82) is 0 Å². The number of carbonyl (C=O) groups is 2. The van der Waals surface area contributed by atoms with Gasteiger partial charge in [-0.1, -0.05) is 30.5 Å². The molecule has 3 rings (SSSR count). The number of nitrogens with zero attached hydrogens (tertiary/aromatic N) is 1. The SMILES string of the molecule is O=C(Nc1cccc(Cl)c1)C(=O)N[C@H]1CCN(C2CCCC2)C1. The van der Waals surface area contributed by atoms with E-state index >= 15 is 0 Å². The van der Waals surface area contributed by atoms with Gasteiger partial charge in [-0.05, 0) is 37.5 Å². The summed E-state index contributed by atoms with van der Waals surface area (Å²) in [5.41, 5.74) is 0.525. The first-order valence-electron chi connectivity index (χ1n) is 8.23. The molecule has 0 spiro atoms. The molecular formula is C17H22ClN3O2. The number of rotatable bonds is 3. The molecule has 1 aromatic carbocycles. The number of amides is 2. The lowest BCUT2D eigenvalue weighted by atomic mass is 10.2. The minimum Gasteiger partial charge on any atom is -0.344 e. The fourth-order valence-corrected chi connectivity index (χ4v) is 3.70. The average Bonchev–Trinajstić information content (AvgIpc) is 3.17. The standard InChI is InChI=1S/C17H22ClN3O2/c18-12-4-3-5-13(10-12)19-16(22)17(23)20-14-8-9-21(11-14)15-6-1-2-7-15/h3-5,10,14-15H,1-2,6-9,11H2,(H,19,22)(H,20,23)/t14-/m0/s1. The normalized spacial score (nSPS) is 22.2. The van der Waals surface area contributed by atoms with Crippen LogP contribution in [0.25, 0.3) is 0 Å². The van der Waals surface area contributed by atoms with E-state index in [1.54, 1.807) is 24.3 Å². The van der Waals surface area contributed by atoms with E-state index in [1.165, 1.54) is 25.7 Å². The molecule has 0 aromatic heterocycles. The van der Waals surface area contributed by atoms with E-state index in [9.17, 15) is 9.59 Å². The topological polar surface area (TPSA) is 61.4 Å². The fraction of sp³-hybridized carbons (Fsp3) is 0.529. The number of carbonyl (C=O) groups excluding carboxylic acids is 2. The van der Waals surface area contributed by atoms with Gasteiger partial charge in [0.1, 0.15) is 0 Å². The van der Waals surface area contributed by atoms with Crippen LogP contribution in [0.15, 0.2) is 24.3 Å². The van der Waals surface area contributed by atoms with Crippen molar-refractivity contribution in [3.05, 3.63) is 29.3 Å². The van der Waals surface area contributed by atoms with Gasteiger partial charge in [-0.2, -0.15) is 0 Å². The molecule has 1 saturated heterocycles. The van der Waals surface area contributed by atoms with Crippen molar-refractivity contribution in [2.45, 2.75) is 44.2 Å². The zero-order chi connectivity index (χ0) is 16.2. The third-order valence-electron chi connectivity index (χ3n) is 4.68. The summed E-state index contributed by atoms with van der Waals surface area (Å²) in [6.07, 6.45) is 6.04. The maximum absolute atomic E-state index is 12.0. The molecular weight excluding hydrogens is 314 g/mol. The number of likely N-dealkylation sites (tertiary alicyclic amines) is 1. The largest absolute Gasteiger partial charge is 0.344 e. The third-order valence-corrected chi connectivity index (χ3v) is 4.92. The van der Waals surface area contributed by atoms with Crippen molar-refractivity contribution in [3.63, 3.8) is 0 Å². The van der Waals surface area contributed by atoms with Gasteiger partial charge in [-0.25, -0.2) is 0 Å². The highest BCUT2D eigenvalue weighted by molar-refractivity contribution is 6.40. The molecule has 1 aromatic rings. The van der Waals surface area contributed by atoms with E-state index in [0.717, 1.165) is 19.5 Å². The summed E-state index contributed by atoms with van der Waals surface area (Å²) >= 11 is 5.87. The smallest absolute Gasteiger partial charge is 0.313 e. The average molecular weight is 336 g/mol. The molecule has 2 amide bonds. The minimum atomic E-state index is -0.647. The third kappa shape index (κ3) is 4.24. The molecule has 6 heteroatoms. The molecule has 2 aliphatic rings. The Morgan fingerprint density at radius 1 is 1.13 bits per heavy atom. The molecule has 0 unspecified atom stereocenters. The van der Waals surface area contributed by atoms with Crippen LogP contribution in [-0.2, 0) is 9.59 Å². The Hall–Kier alpha value is -1.59. The summed E-state index contributed by atoms with van der Waals surface area (Å²) in [6.45, 7) is 1.85. The van der Waals surface area contributed by atoms with Crippen LogP contribution < -0.4 is 10.6 Å². The van der Waals surface area contributed by atoms with Crippen LogP contribution in [0, 0.1) is 0 Å². The summed E-state index contributed by atoms with van der Waals surface area (Å²) in [7, 11) is 0. The van der Waals surface area contributed by atoms with Gasteiger partial charge in [0.2, 0.25) is 0 Å². The van der Waals surface area contributed by atoms with E-state index in [2.05, 4.69) is 15.5 Å². The van der Waals surface area contributed by atoms with Crippen LogP contribution >= 0.6 is 11.6 Å². The van der Waals surface area contributed by atoms with Crippen molar-refractivity contribution in [1.82, 2.24) is 10.2 Å². The Balaban J connectivity index is 1.48. The van der Waals surface area contributed by atoms with Gasteiger partial charge in [0.15, 0.2) is 0 Å². The highest BCUT2D eigenvalue weighted by Crippen LogP contribution is 2.26. The molecule has 1 saturated carbocycles. The van der Waals surface area contributed by atoms with Crippen LogP contribution in [0.5, 0.6) is 0 Å². The van der Waals surface area contributed by atoms with E-state index in [1.807, 2.05) is 0 Å². The van der Waals surface area contributed by atoms with Crippen molar-refractivity contribution in [2.24, 2.45) is 0 Å². The van der Waals surface area contributed by atoms with E-state index in [0.29, 0.717) is 16.8 Å². The van der Waals surface area contributed by atoms with Crippen LogP contribution in [0.4, 0.5) is 5.69 Å². The number of hydrogen-bond donors (Lipinski definition) is 2. The zero-order valence-corrected chi connectivity index (χ0v) is 13.8. The van der Waals surface area contributed by atoms with Crippen molar-refractivity contribution in [2.75, 3.05) is 18.4 Å². The van der Waals surface area contributed by atoms with E-state index in [4.69, 9.17) is 11.6 Å². The predicted molar refractivity (Wildman–Crippen MR) is 90.5 cm³/mol. The Morgan fingerprint density at radius 2 is 1.91 bits per heavy atom. The summed E-state index contributed by atoms with van der Waals surface area (Å²) in [5.74, 6) is -1.23. The molecule has 2 N–H and O–H groups in total. The van der Waals surface area contributed by atoms with Gasteiger partial charge >= 0.3 is 11.8 Å². The second kappa shape index (κ2) is 7.32.